The largest absolute Gasteiger partial charge is 0.456 e. The number of rotatable bonds is 6. The molecule has 8 aromatic carbocycles. The van der Waals surface area contributed by atoms with Gasteiger partial charge in [0.25, 0.3) is 0 Å². The van der Waals surface area contributed by atoms with E-state index in [0.717, 1.165) is 61.0 Å². The molecular weight excluding hydrogens is 739 g/mol. The number of hydrogen-bond donors (Lipinski definition) is 0. The smallest absolute Gasteiger partial charge is 0.164 e. The van der Waals surface area contributed by atoms with Crippen LogP contribution in [0.1, 0.15) is 0 Å². The van der Waals surface area contributed by atoms with E-state index >= 15 is 0 Å². The van der Waals surface area contributed by atoms with Crippen LogP contribution in [0.4, 0.5) is 0 Å². The van der Waals surface area contributed by atoms with Gasteiger partial charge >= 0.3 is 0 Å². The first-order valence-corrected chi connectivity index (χ1v) is 20.9. The fourth-order valence-electron chi connectivity index (χ4n) is 9.30. The van der Waals surface area contributed by atoms with Crippen molar-refractivity contribution in [3.05, 3.63) is 164 Å². The highest BCUT2D eigenvalue weighted by atomic mass is 16.3. The first-order chi connectivity index (χ1) is 29.8. The zero-order valence-corrected chi connectivity index (χ0v) is 34.8. The van der Waals surface area contributed by atoms with Crippen molar-refractivity contribution in [2.75, 3.05) is 0 Å². The second-order valence-electron chi connectivity index (χ2n) is 16.2. The fraction of sp³-hybridized carbons (Fsp3) is 0. The van der Waals surface area contributed by atoms with Crippen molar-refractivity contribution < 1.29 is 4.42 Å². The van der Waals surface area contributed by atoms with Crippen LogP contribution >= 0.6 is 0 Å². The molecule has 3 aromatic heterocycles. The fourth-order valence-corrected chi connectivity index (χ4v) is 9.30. The van der Waals surface area contributed by atoms with Gasteiger partial charge in [-0.15, -0.1) is 16.4 Å². The number of para-hydroxylation sites is 2. The van der Waals surface area contributed by atoms with Gasteiger partial charge < -0.3 is 8.98 Å². The van der Waals surface area contributed by atoms with Crippen LogP contribution < -0.4 is 27.3 Å². The van der Waals surface area contributed by atoms with Gasteiger partial charge in [0, 0.05) is 43.9 Å². The van der Waals surface area contributed by atoms with Crippen LogP contribution in [0.2, 0.25) is 0 Å². The molecule has 10 heteroatoms. The van der Waals surface area contributed by atoms with Crippen LogP contribution in [0, 0.1) is 0 Å². The molecule has 61 heavy (non-hydrogen) atoms. The number of furan rings is 1. The molecule has 0 radical (unpaired) electrons. The normalized spacial score (nSPS) is 11.6. The van der Waals surface area contributed by atoms with E-state index in [9.17, 15) is 0 Å². The molecule has 0 aliphatic rings. The first-order valence-electron chi connectivity index (χ1n) is 20.9. The van der Waals surface area contributed by atoms with Gasteiger partial charge in [0.05, 0.1) is 11.0 Å². The molecule has 0 bridgehead atoms. The maximum atomic E-state index is 6.55. The summed E-state index contributed by atoms with van der Waals surface area (Å²) in [6.45, 7) is 0. The van der Waals surface area contributed by atoms with Gasteiger partial charge in [-0.3, -0.25) is 0 Å². The molecule has 0 amide bonds. The lowest BCUT2D eigenvalue weighted by molar-refractivity contribution is 0.669. The Morgan fingerprint density at radius 3 is 1.69 bits per heavy atom. The van der Waals surface area contributed by atoms with Crippen LogP contribution in [0.25, 0.3) is 106 Å². The van der Waals surface area contributed by atoms with Gasteiger partial charge in [0.2, 0.25) is 0 Å². The van der Waals surface area contributed by atoms with Crippen molar-refractivity contribution in [3.63, 3.8) is 0 Å². The second-order valence-corrected chi connectivity index (χ2v) is 16.2. The summed E-state index contributed by atoms with van der Waals surface area (Å²) in [5, 5.41) is 4.49. The van der Waals surface area contributed by atoms with E-state index in [1.807, 2.05) is 24.3 Å². The topological polar surface area (TPSA) is 56.7 Å². The van der Waals surface area contributed by atoms with Crippen molar-refractivity contribution in [1.82, 2.24) is 19.5 Å². The SMILES string of the molecule is Bc1c(B)c(B)c(-c2cccc(-c3nc(-c4ccccc4)nc(-c4ccc5oc6cccc(-c7ccc8c(c7)c7ccccc7n8-c7ccccc7)c6c5c4)n3)c2)c(B)c1B. The Morgan fingerprint density at radius 2 is 0.934 bits per heavy atom. The molecule has 0 saturated carbocycles. The molecule has 3 heterocycles. The zero-order chi connectivity index (χ0) is 41.4. The number of nitrogens with zero attached hydrogens (tertiary/aromatic N) is 4. The number of hydrogen-bond acceptors (Lipinski definition) is 4. The van der Waals surface area contributed by atoms with Crippen molar-refractivity contribution in [3.8, 4) is 62.1 Å². The van der Waals surface area contributed by atoms with Gasteiger partial charge in [0.1, 0.15) is 50.4 Å². The number of benzene rings is 8. The lowest BCUT2D eigenvalue weighted by Gasteiger charge is -2.20. The third-order valence-corrected chi connectivity index (χ3v) is 12.8. The summed E-state index contributed by atoms with van der Waals surface area (Å²) >= 11 is 0. The predicted molar refractivity (Wildman–Crippen MR) is 270 cm³/mol. The van der Waals surface area contributed by atoms with Crippen molar-refractivity contribution in [2.45, 2.75) is 0 Å². The molecule has 5 nitrogen and oxygen atoms in total. The van der Waals surface area contributed by atoms with Crippen molar-refractivity contribution >= 4 is 110 Å². The van der Waals surface area contributed by atoms with Crippen LogP contribution in [0.15, 0.2) is 168 Å². The Kier molecular flexibility index (Phi) is 8.71. The Bertz CT molecular complexity index is 3520. The Morgan fingerprint density at radius 1 is 0.377 bits per heavy atom. The zero-order valence-electron chi connectivity index (χ0n) is 34.8. The molecule has 0 aliphatic heterocycles. The average Bonchev–Trinajstić information content (AvgIpc) is 3.86. The van der Waals surface area contributed by atoms with Crippen LogP contribution in [0.5, 0.6) is 0 Å². The molecule has 282 valence electrons. The maximum Gasteiger partial charge on any atom is 0.164 e. The van der Waals surface area contributed by atoms with Crippen molar-refractivity contribution in [2.24, 2.45) is 0 Å². The van der Waals surface area contributed by atoms with Crippen molar-refractivity contribution in [1.29, 1.82) is 0 Å². The van der Waals surface area contributed by atoms with Crippen LogP contribution in [-0.4, -0.2) is 58.8 Å². The monoisotopic (exact) mass is 776 g/mol. The average molecular weight is 776 g/mol. The molecule has 0 aliphatic carbocycles. The van der Waals surface area contributed by atoms with Crippen LogP contribution in [0.3, 0.4) is 0 Å². The maximum absolute atomic E-state index is 6.55. The van der Waals surface area contributed by atoms with Gasteiger partial charge in [-0.05, 0) is 82.9 Å². The minimum absolute atomic E-state index is 0.604. The Balaban J connectivity index is 1.07. The molecule has 0 saturated heterocycles. The quantitative estimate of drug-likeness (QED) is 0.234. The summed E-state index contributed by atoms with van der Waals surface area (Å²) in [5.74, 6) is 1.86. The van der Waals surface area contributed by atoms with E-state index in [4.69, 9.17) is 19.4 Å². The Labute approximate surface area is 358 Å². The van der Waals surface area contributed by atoms with E-state index < -0.39 is 0 Å². The first kappa shape index (κ1) is 36.8. The van der Waals surface area contributed by atoms with E-state index in [1.165, 1.54) is 54.7 Å². The minimum Gasteiger partial charge on any atom is -0.456 e. The molecule has 0 atom stereocenters. The van der Waals surface area contributed by atoms with E-state index in [2.05, 4.69) is 183 Å². The highest BCUT2D eigenvalue weighted by molar-refractivity contribution is 6.68. The summed E-state index contributed by atoms with van der Waals surface area (Å²) < 4.78 is 8.90. The molecule has 0 fully saturated rings. The molecule has 11 aromatic rings. The van der Waals surface area contributed by atoms with E-state index in [-0.39, 0.29) is 0 Å². The molecule has 0 spiro atoms. The summed E-state index contributed by atoms with van der Waals surface area (Å²) in [6.07, 6.45) is 0. The number of fused-ring (bicyclic) bond motifs is 6. The highest BCUT2D eigenvalue weighted by Gasteiger charge is 2.20. The molecule has 0 N–H and O–H groups in total. The number of aromatic nitrogens is 4. The van der Waals surface area contributed by atoms with Gasteiger partial charge in [-0.1, -0.05) is 114 Å². The summed E-state index contributed by atoms with van der Waals surface area (Å²) in [4.78, 5) is 15.5. The third-order valence-electron chi connectivity index (χ3n) is 12.8. The summed E-state index contributed by atoms with van der Waals surface area (Å²) in [5.41, 5.74) is 19.2. The van der Waals surface area contributed by atoms with E-state index in [1.54, 1.807) is 0 Å². The van der Waals surface area contributed by atoms with Gasteiger partial charge in [-0.2, -0.15) is 0 Å². The summed E-state index contributed by atoms with van der Waals surface area (Å²) in [6, 6.07) is 57.5. The highest BCUT2D eigenvalue weighted by Crippen LogP contribution is 2.41. The summed E-state index contributed by atoms with van der Waals surface area (Å²) in [7, 11) is 11.1. The standard InChI is InChI=1S/C51H37B5N4O/c52-44-42(45(53)47(55)48(56)46(44)54)30-13-9-14-31(25-30)50-57-49(28-11-3-1-4-12-28)58-51(59-50)32-22-24-40-37(27-32)43-34(18-10-20-41(43)61-40)29-21-23-39-36(26-29)35-17-7-8-19-38(35)60(39)33-15-5-2-6-16-33/h1-27H,52-56H2. The van der Waals surface area contributed by atoms with Gasteiger partial charge in [-0.25, -0.2) is 15.0 Å². The molecule has 0 unspecified atom stereocenters. The minimum atomic E-state index is 0.604. The second kappa shape index (κ2) is 14.5. The Hall–Kier alpha value is -7.31. The lowest BCUT2D eigenvalue weighted by atomic mass is 9.59. The third kappa shape index (κ3) is 6.04. The van der Waals surface area contributed by atoms with E-state index in [0.29, 0.717) is 17.5 Å². The van der Waals surface area contributed by atoms with Crippen LogP contribution in [-0.2, 0) is 0 Å². The molecular formula is C51H37B5N4O. The lowest BCUT2D eigenvalue weighted by Crippen LogP contribution is -2.55. The van der Waals surface area contributed by atoms with Gasteiger partial charge in [0.15, 0.2) is 17.5 Å². The predicted octanol–water partition coefficient (Wildman–Crippen LogP) is 4.50. The molecule has 11 rings (SSSR count).